The van der Waals surface area contributed by atoms with E-state index in [1.807, 2.05) is 0 Å². The largest absolute Gasteiger partial charge is 0.314 e. The van der Waals surface area contributed by atoms with Gasteiger partial charge in [0.25, 0.3) is 0 Å². The topological polar surface area (TPSA) is 52.7 Å². The first kappa shape index (κ1) is 16.1. The van der Waals surface area contributed by atoms with Crippen molar-refractivity contribution in [3.8, 4) is 0 Å². The normalized spacial score (nSPS) is 24.7. The summed E-state index contributed by atoms with van der Waals surface area (Å²) in [7, 11) is -3.74. The maximum Gasteiger partial charge on any atom is 0.244 e. The quantitative estimate of drug-likeness (QED) is 0.891. The van der Waals surface area contributed by atoms with Crippen molar-refractivity contribution in [2.45, 2.75) is 17.4 Å². The van der Waals surface area contributed by atoms with Crippen LogP contribution in [0.5, 0.6) is 0 Å². The molecule has 0 amide bonds. The summed E-state index contributed by atoms with van der Waals surface area (Å²) in [6.07, 6.45) is 0.798. The Morgan fingerprint density at radius 3 is 2.68 bits per heavy atom. The van der Waals surface area contributed by atoms with Crippen LogP contribution < -0.4 is 5.32 Å². The molecule has 2 heterocycles. The molecule has 2 saturated heterocycles. The van der Waals surface area contributed by atoms with E-state index >= 15 is 0 Å². The molecule has 3 rings (SSSR count). The average Bonchev–Trinajstić information content (AvgIpc) is 3.01. The van der Waals surface area contributed by atoms with Gasteiger partial charge in [-0.15, -0.1) is 0 Å². The van der Waals surface area contributed by atoms with Gasteiger partial charge in [0.2, 0.25) is 10.0 Å². The molecule has 0 aliphatic carbocycles. The fourth-order valence-corrected chi connectivity index (χ4v) is 5.07. The van der Waals surface area contributed by atoms with Gasteiger partial charge in [0.1, 0.15) is 10.7 Å². The summed E-state index contributed by atoms with van der Waals surface area (Å²) in [6.45, 7) is 4.61. The highest BCUT2D eigenvalue weighted by atomic mass is 35.5. The third kappa shape index (κ3) is 3.14. The van der Waals surface area contributed by atoms with Crippen LogP contribution in [0.2, 0.25) is 5.02 Å². The minimum Gasteiger partial charge on any atom is -0.314 e. The number of halogens is 2. The van der Waals surface area contributed by atoms with Crippen molar-refractivity contribution in [3.63, 3.8) is 0 Å². The molecule has 1 aromatic rings. The number of benzene rings is 1. The zero-order valence-corrected chi connectivity index (χ0v) is 13.7. The molecule has 0 saturated carbocycles. The minimum atomic E-state index is -3.74. The Morgan fingerprint density at radius 1 is 1.23 bits per heavy atom. The van der Waals surface area contributed by atoms with E-state index in [0.717, 1.165) is 44.7 Å². The number of sulfonamides is 1. The predicted octanol–water partition coefficient (Wildman–Crippen LogP) is 1.15. The van der Waals surface area contributed by atoms with Crippen LogP contribution in [0, 0.1) is 5.82 Å². The van der Waals surface area contributed by atoms with E-state index < -0.39 is 15.8 Å². The van der Waals surface area contributed by atoms with Gasteiger partial charge in [-0.2, -0.15) is 4.31 Å². The van der Waals surface area contributed by atoms with Crippen molar-refractivity contribution in [1.29, 1.82) is 0 Å². The summed E-state index contributed by atoms with van der Waals surface area (Å²) in [4.78, 5) is 2.18. The Hall–Kier alpha value is -0.730. The molecule has 8 heteroatoms. The minimum absolute atomic E-state index is 0.0621. The maximum atomic E-state index is 13.4. The molecular weight excluding hydrogens is 329 g/mol. The van der Waals surface area contributed by atoms with Crippen LogP contribution in [0.4, 0.5) is 4.39 Å². The third-order valence-corrected chi connectivity index (χ3v) is 6.65. The Labute approximate surface area is 135 Å². The van der Waals surface area contributed by atoms with Crippen LogP contribution in [0.3, 0.4) is 0 Å². The van der Waals surface area contributed by atoms with Crippen LogP contribution >= 0.6 is 11.6 Å². The number of nitrogens with zero attached hydrogens (tertiary/aromatic N) is 2. The second-order valence-corrected chi connectivity index (χ2v) is 7.98. The number of rotatable bonds is 3. The maximum absolute atomic E-state index is 13.4. The van der Waals surface area contributed by atoms with Crippen molar-refractivity contribution >= 4 is 21.6 Å². The lowest BCUT2D eigenvalue weighted by atomic mass is 10.2. The molecule has 1 N–H and O–H groups in total. The Balaban J connectivity index is 1.77. The zero-order valence-electron chi connectivity index (χ0n) is 12.1. The van der Waals surface area contributed by atoms with E-state index in [-0.39, 0.29) is 16.0 Å². The summed E-state index contributed by atoms with van der Waals surface area (Å²) in [5.74, 6) is -0.596. The first-order chi connectivity index (χ1) is 10.5. The first-order valence-corrected chi connectivity index (χ1v) is 9.20. The molecule has 1 aromatic carbocycles. The molecule has 1 atom stereocenters. The molecule has 122 valence electrons. The Kier molecular flexibility index (Phi) is 4.70. The van der Waals surface area contributed by atoms with Gasteiger partial charge in [-0.3, -0.25) is 4.90 Å². The summed E-state index contributed by atoms with van der Waals surface area (Å²) >= 11 is 5.95. The van der Waals surface area contributed by atoms with E-state index in [4.69, 9.17) is 11.6 Å². The van der Waals surface area contributed by atoms with Gasteiger partial charge in [-0.05, 0) is 24.6 Å². The summed E-state index contributed by atoms with van der Waals surface area (Å²) in [5.41, 5.74) is 0. The van der Waals surface area contributed by atoms with E-state index in [1.165, 1.54) is 10.4 Å². The van der Waals surface area contributed by atoms with Crippen LogP contribution in [-0.2, 0) is 10.0 Å². The van der Waals surface area contributed by atoms with E-state index in [9.17, 15) is 12.8 Å². The average molecular weight is 348 g/mol. The fourth-order valence-electron chi connectivity index (χ4n) is 3.09. The number of piperazine rings is 1. The van der Waals surface area contributed by atoms with E-state index in [1.54, 1.807) is 0 Å². The van der Waals surface area contributed by atoms with Crippen LogP contribution in [-0.4, -0.2) is 62.9 Å². The molecule has 1 unspecified atom stereocenters. The summed E-state index contributed by atoms with van der Waals surface area (Å²) < 4.78 is 40.2. The molecule has 2 aliphatic heterocycles. The van der Waals surface area contributed by atoms with Crippen molar-refractivity contribution in [3.05, 3.63) is 29.0 Å². The molecular formula is C14H19ClFN3O2S. The lowest BCUT2D eigenvalue weighted by molar-refractivity contribution is 0.179. The smallest absolute Gasteiger partial charge is 0.244 e. The molecule has 22 heavy (non-hydrogen) atoms. The Morgan fingerprint density at radius 2 is 1.95 bits per heavy atom. The number of nitrogens with one attached hydrogen (secondary N) is 1. The molecule has 5 nitrogen and oxygen atoms in total. The molecule has 2 fully saturated rings. The zero-order chi connectivity index (χ0) is 15.7. The fraction of sp³-hybridized carbons (Fsp3) is 0.571. The van der Waals surface area contributed by atoms with Crippen molar-refractivity contribution in [2.24, 2.45) is 0 Å². The SMILES string of the molecule is O=S(=O)(c1cc(F)ccc1Cl)N1CCC(N2CCNCC2)C1. The van der Waals surface area contributed by atoms with Crippen LogP contribution in [0.1, 0.15) is 6.42 Å². The third-order valence-electron chi connectivity index (χ3n) is 4.31. The van der Waals surface area contributed by atoms with Crippen molar-refractivity contribution in [1.82, 2.24) is 14.5 Å². The molecule has 2 aliphatic rings. The van der Waals surface area contributed by atoms with Gasteiger partial charge in [-0.25, -0.2) is 12.8 Å². The molecule has 0 aromatic heterocycles. The lowest BCUT2D eigenvalue weighted by Crippen LogP contribution is -2.49. The van der Waals surface area contributed by atoms with Gasteiger partial charge < -0.3 is 5.32 Å². The summed E-state index contributed by atoms with van der Waals surface area (Å²) in [5, 5.41) is 3.35. The van der Waals surface area contributed by atoms with Gasteiger partial charge in [-0.1, -0.05) is 11.6 Å². The van der Waals surface area contributed by atoms with E-state index in [2.05, 4.69) is 10.2 Å². The lowest BCUT2D eigenvalue weighted by Gasteiger charge is -2.32. The molecule has 0 spiro atoms. The van der Waals surface area contributed by atoms with Gasteiger partial charge >= 0.3 is 0 Å². The van der Waals surface area contributed by atoms with Gasteiger partial charge in [0.15, 0.2) is 0 Å². The molecule has 0 radical (unpaired) electrons. The van der Waals surface area contributed by atoms with Crippen LogP contribution in [0.15, 0.2) is 23.1 Å². The Bertz CT molecular complexity index is 649. The monoisotopic (exact) mass is 347 g/mol. The number of hydrogen-bond donors (Lipinski definition) is 1. The summed E-state index contributed by atoms with van der Waals surface area (Å²) in [6, 6.07) is 3.67. The highest BCUT2D eigenvalue weighted by Crippen LogP contribution is 2.29. The second-order valence-electron chi connectivity index (χ2n) is 5.67. The van der Waals surface area contributed by atoms with Crippen molar-refractivity contribution in [2.75, 3.05) is 39.3 Å². The van der Waals surface area contributed by atoms with Crippen LogP contribution in [0.25, 0.3) is 0 Å². The van der Waals surface area contributed by atoms with E-state index in [0.29, 0.717) is 13.1 Å². The van der Waals surface area contributed by atoms with Gasteiger partial charge in [0.05, 0.1) is 5.02 Å². The standard InChI is InChI=1S/C14H19ClFN3O2S/c15-13-2-1-11(16)9-14(13)22(20,21)19-6-3-12(10-19)18-7-4-17-5-8-18/h1-2,9,12,17H,3-8,10H2. The molecule has 0 bridgehead atoms. The first-order valence-electron chi connectivity index (χ1n) is 7.38. The van der Waals surface area contributed by atoms with Gasteiger partial charge in [0, 0.05) is 45.3 Å². The van der Waals surface area contributed by atoms with Crippen molar-refractivity contribution < 1.29 is 12.8 Å². The highest BCUT2D eigenvalue weighted by molar-refractivity contribution is 7.89. The predicted molar refractivity (Wildman–Crippen MR) is 83.0 cm³/mol. The number of hydrogen-bond acceptors (Lipinski definition) is 4. The highest BCUT2D eigenvalue weighted by Gasteiger charge is 2.36. The second kappa shape index (κ2) is 6.41.